The van der Waals surface area contributed by atoms with E-state index in [-0.39, 0.29) is 14.9 Å². The Labute approximate surface area is 407 Å². The van der Waals surface area contributed by atoms with Crippen molar-refractivity contribution in [2.75, 3.05) is 46.1 Å². The fraction of sp³-hybridized carbons (Fsp3) is 0.900. The van der Waals surface area contributed by atoms with Gasteiger partial charge in [0.05, 0.1) is 0 Å². The molecule has 64 heavy (non-hydrogen) atoms. The first-order valence-corrected chi connectivity index (χ1v) is 28.6. The molecule has 0 heterocycles. The first-order chi connectivity index (χ1) is 30.8. The first-order valence-electron chi connectivity index (χ1n) is 28.6. The standard InChI is InChI=1S/C58H116N4.2CH4/c1-4-7-10-13-16-19-22-25-28-31-34-37-40-43-46-49-52-59-55-56-62(57-60-53-50-47-44-41-38-35-32-29-26-23-20-17-14-11-8-5-2)58-61-54-51-48-45-42-39-36-33-30-27-24-21-18-15-12-9-6-3;;/h25-30,59-61H,4-24,31-58H2,1-3H3;2*1H4/b28-25+,29-26+,30-27+;;. The van der Waals surface area contributed by atoms with Crippen molar-refractivity contribution in [1.82, 2.24) is 20.9 Å². The number of rotatable bonds is 55. The summed E-state index contributed by atoms with van der Waals surface area (Å²) in [5.41, 5.74) is 0. The number of hydrogen-bond acceptors (Lipinski definition) is 4. The van der Waals surface area contributed by atoms with Gasteiger partial charge in [0, 0.05) is 26.4 Å². The quantitative estimate of drug-likeness (QED) is 0.0323. The largest absolute Gasteiger partial charge is 0.315 e. The summed E-state index contributed by atoms with van der Waals surface area (Å²) in [5.74, 6) is 0. The van der Waals surface area contributed by atoms with Gasteiger partial charge in [0.15, 0.2) is 0 Å². The lowest BCUT2D eigenvalue weighted by molar-refractivity contribution is 0.233. The van der Waals surface area contributed by atoms with Crippen LogP contribution >= 0.6 is 0 Å². The molecule has 0 radical (unpaired) electrons. The van der Waals surface area contributed by atoms with Crippen LogP contribution in [0, 0.1) is 0 Å². The van der Waals surface area contributed by atoms with Crippen molar-refractivity contribution in [2.24, 2.45) is 0 Å². The molecule has 0 aliphatic heterocycles. The third-order valence-corrected chi connectivity index (χ3v) is 12.9. The lowest BCUT2D eigenvalue weighted by Crippen LogP contribution is -2.44. The van der Waals surface area contributed by atoms with Crippen molar-refractivity contribution in [3.63, 3.8) is 0 Å². The Balaban J connectivity index is -0.0000186. The molecule has 0 spiro atoms. The van der Waals surface area contributed by atoms with Crippen molar-refractivity contribution in [3.05, 3.63) is 36.5 Å². The normalized spacial score (nSPS) is 11.8. The molecular weight excluding hydrogens is 777 g/mol. The molecule has 3 N–H and O–H groups in total. The SMILES string of the molecule is C.C.CCCCCCCC/C=C/CCCCCCCCNCCN(CNCCCCCCCC/C=C/CCCCCCCC)CNCCCCCCCC/C=C/CCCCCCCC. The Morgan fingerprint density at radius 3 is 0.734 bits per heavy atom. The van der Waals surface area contributed by atoms with Crippen molar-refractivity contribution >= 4 is 0 Å². The Bertz CT molecular complexity index is 822. The molecule has 0 saturated carbocycles. The molecule has 0 amide bonds. The number of nitrogens with zero attached hydrogens (tertiary/aromatic N) is 1. The molecular formula is C60H124N4. The Morgan fingerprint density at radius 2 is 0.469 bits per heavy atom. The predicted molar refractivity (Wildman–Crippen MR) is 297 cm³/mol. The van der Waals surface area contributed by atoms with E-state index in [2.05, 4.69) is 78.1 Å². The summed E-state index contributed by atoms with van der Waals surface area (Å²) >= 11 is 0. The van der Waals surface area contributed by atoms with Crippen LogP contribution < -0.4 is 16.0 Å². The minimum absolute atomic E-state index is 0. The molecule has 4 nitrogen and oxygen atoms in total. The molecule has 0 fully saturated rings. The van der Waals surface area contributed by atoms with E-state index in [0.29, 0.717) is 0 Å². The summed E-state index contributed by atoms with van der Waals surface area (Å²) in [6.07, 6.45) is 72.5. The second-order valence-electron chi connectivity index (χ2n) is 19.3. The predicted octanol–water partition coefficient (Wildman–Crippen LogP) is 19.4. The number of hydrogen-bond donors (Lipinski definition) is 3. The third kappa shape index (κ3) is 61.1. The molecule has 0 unspecified atom stereocenters. The summed E-state index contributed by atoms with van der Waals surface area (Å²) < 4.78 is 0. The average Bonchev–Trinajstić information content (AvgIpc) is 3.28. The highest BCUT2D eigenvalue weighted by Crippen LogP contribution is 2.13. The fourth-order valence-electron chi connectivity index (χ4n) is 8.54. The molecule has 0 rings (SSSR count). The van der Waals surface area contributed by atoms with E-state index < -0.39 is 0 Å². The highest BCUT2D eigenvalue weighted by molar-refractivity contribution is 4.83. The Hall–Kier alpha value is -0.940. The maximum absolute atomic E-state index is 3.79. The molecule has 0 aromatic carbocycles. The minimum Gasteiger partial charge on any atom is -0.315 e. The van der Waals surface area contributed by atoms with Crippen LogP contribution in [0.4, 0.5) is 0 Å². The third-order valence-electron chi connectivity index (χ3n) is 12.9. The van der Waals surface area contributed by atoms with E-state index >= 15 is 0 Å². The number of allylic oxidation sites excluding steroid dienone is 6. The highest BCUT2D eigenvalue weighted by atomic mass is 15.3. The second kappa shape index (κ2) is 64.1. The second-order valence-corrected chi connectivity index (χ2v) is 19.3. The Morgan fingerprint density at radius 1 is 0.250 bits per heavy atom. The van der Waals surface area contributed by atoms with Crippen LogP contribution in [0.3, 0.4) is 0 Å². The van der Waals surface area contributed by atoms with Gasteiger partial charge in [0.25, 0.3) is 0 Å². The van der Waals surface area contributed by atoms with Gasteiger partial charge in [0.1, 0.15) is 0 Å². The van der Waals surface area contributed by atoms with E-state index in [9.17, 15) is 0 Å². The van der Waals surface area contributed by atoms with Gasteiger partial charge >= 0.3 is 0 Å². The molecule has 0 atom stereocenters. The zero-order valence-corrected chi connectivity index (χ0v) is 43.1. The zero-order chi connectivity index (χ0) is 44.6. The van der Waals surface area contributed by atoms with Gasteiger partial charge in [-0.2, -0.15) is 0 Å². The van der Waals surface area contributed by atoms with Crippen molar-refractivity contribution < 1.29 is 0 Å². The van der Waals surface area contributed by atoms with Crippen LogP contribution in [0.5, 0.6) is 0 Å². The topological polar surface area (TPSA) is 39.3 Å². The monoisotopic (exact) mass is 901 g/mol. The van der Waals surface area contributed by atoms with Crippen molar-refractivity contribution in [2.45, 2.75) is 305 Å². The van der Waals surface area contributed by atoms with Crippen molar-refractivity contribution in [3.8, 4) is 0 Å². The smallest absolute Gasteiger partial charge is 0.0493 e. The minimum atomic E-state index is 0. The van der Waals surface area contributed by atoms with Crippen LogP contribution in [0.2, 0.25) is 0 Å². The van der Waals surface area contributed by atoms with Gasteiger partial charge in [-0.05, 0) is 116 Å². The van der Waals surface area contributed by atoms with Crippen LogP contribution in [0.1, 0.15) is 305 Å². The summed E-state index contributed by atoms with van der Waals surface area (Å²) in [7, 11) is 0. The van der Waals surface area contributed by atoms with Gasteiger partial charge in [0.2, 0.25) is 0 Å². The van der Waals surface area contributed by atoms with E-state index in [1.807, 2.05) is 0 Å². The highest BCUT2D eigenvalue weighted by Gasteiger charge is 2.04. The van der Waals surface area contributed by atoms with E-state index in [0.717, 1.165) is 39.5 Å². The molecule has 0 aliphatic rings. The number of unbranched alkanes of at least 4 members (excludes halogenated alkanes) is 36. The van der Waals surface area contributed by atoms with Gasteiger partial charge in [-0.3, -0.25) is 4.90 Å². The van der Waals surface area contributed by atoms with Crippen LogP contribution in [-0.2, 0) is 0 Å². The van der Waals surface area contributed by atoms with E-state index in [1.165, 1.54) is 276 Å². The summed E-state index contributed by atoms with van der Waals surface area (Å²) in [4.78, 5) is 2.59. The lowest BCUT2D eigenvalue weighted by atomic mass is 10.1. The van der Waals surface area contributed by atoms with Crippen LogP contribution in [0.25, 0.3) is 0 Å². The molecule has 0 aromatic heterocycles. The molecule has 0 aromatic rings. The van der Waals surface area contributed by atoms with E-state index in [1.54, 1.807) is 0 Å². The van der Waals surface area contributed by atoms with Crippen LogP contribution in [-0.4, -0.2) is 51.0 Å². The maximum atomic E-state index is 3.79. The van der Waals surface area contributed by atoms with Gasteiger partial charge in [-0.15, -0.1) is 0 Å². The van der Waals surface area contributed by atoms with Crippen LogP contribution in [0.15, 0.2) is 36.5 Å². The lowest BCUT2D eigenvalue weighted by Gasteiger charge is -2.23. The number of nitrogens with one attached hydrogen (secondary N) is 3. The molecule has 4 heteroatoms. The molecule has 0 saturated heterocycles. The van der Waals surface area contributed by atoms with Gasteiger partial charge < -0.3 is 16.0 Å². The van der Waals surface area contributed by atoms with Gasteiger partial charge in [-0.25, -0.2) is 0 Å². The zero-order valence-electron chi connectivity index (χ0n) is 43.1. The average molecular weight is 902 g/mol. The summed E-state index contributed by atoms with van der Waals surface area (Å²) in [6, 6.07) is 0. The molecule has 0 bridgehead atoms. The van der Waals surface area contributed by atoms with E-state index in [4.69, 9.17) is 0 Å². The molecule has 384 valence electrons. The van der Waals surface area contributed by atoms with Gasteiger partial charge in [-0.1, -0.05) is 245 Å². The Kier molecular flexibility index (Phi) is 67.5. The fourth-order valence-corrected chi connectivity index (χ4v) is 8.54. The first kappa shape index (κ1) is 67.3. The van der Waals surface area contributed by atoms with Crippen molar-refractivity contribution in [1.29, 1.82) is 0 Å². The maximum Gasteiger partial charge on any atom is 0.0493 e. The summed E-state index contributed by atoms with van der Waals surface area (Å²) in [6.45, 7) is 14.6. The molecule has 0 aliphatic carbocycles. The summed E-state index contributed by atoms with van der Waals surface area (Å²) in [5, 5.41) is 11.4.